The molecule has 1 heterocycles. The van der Waals surface area contributed by atoms with E-state index < -0.39 is 0 Å². The summed E-state index contributed by atoms with van der Waals surface area (Å²) >= 11 is 15.5. The molecule has 0 saturated heterocycles. The van der Waals surface area contributed by atoms with Crippen molar-refractivity contribution in [2.24, 2.45) is 0 Å². The molecule has 2 aromatic rings. The smallest absolute Gasteiger partial charge is 0.135 e. The highest BCUT2D eigenvalue weighted by Crippen LogP contribution is 2.36. The zero-order valence-electron chi connectivity index (χ0n) is 9.34. The first-order valence-corrected chi connectivity index (χ1v) is 6.57. The van der Waals surface area contributed by atoms with Crippen LogP contribution >= 0.6 is 39.1 Å². The first kappa shape index (κ1) is 13.4. The van der Waals surface area contributed by atoms with Crippen molar-refractivity contribution in [2.75, 3.05) is 17.7 Å². The topological polar surface area (TPSA) is 49.8 Å². The average molecular weight is 348 g/mol. The Morgan fingerprint density at radius 1 is 1.11 bits per heavy atom. The maximum atomic E-state index is 6.14. The molecule has 0 aliphatic rings. The van der Waals surface area contributed by atoms with Crippen molar-refractivity contribution in [3.05, 3.63) is 39.0 Å². The van der Waals surface area contributed by atoms with Crippen molar-refractivity contribution in [3.63, 3.8) is 0 Å². The molecule has 0 unspecified atom stereocenters. The zero-order valence-corrected chi connectivity index (χ0v) is 12.4. The number of hydrogen-bond donors (Lipinski definition) is 2. The van der Waals surface area contributed by atoms with Crippen LogP contribution in [0.5, 0.6) is 0 Å². The molecule has 0 spiro atoms. The number of nitrogens with zero attached hydrogens (tertiary/aromatic N) is 2. The van der Waals surface area contributed by atoms with Crippen molar-refractivity contribution in [2.45, 2.75) is 0 Å². The van der Waals surface area contributed by atoms with Crippen LogP contribution in [0.25, 0.3) is 0 Å². The lowest BCUT2D eigenvalue weighted by atomic mass is 10.3. The quantitative estimate of drug-likeness (QED) is 0.811. The Morgan fingerprint density at radius 2 is 1.83 bits per heavy atom. The molecule has 0 atom stereocenters. The highest BCUT2D eigenvalue weighted by molar-refractivity contribution is 9.10. The molecular weight excluding hydrogens is 339 g/mol. The van der Waals surface area contributed by atoms with Crippen LogP contribution < -0.4 is 10.6 Å². The number of aromatic nitrogens is 2. The Kier molecular flexibility index (Phi) is 4.27. The summed E-state index contributed by atoms with van der Waals surface area (Å²) in [6.45, 7) is 0. The summed E-state index contributed by atoms with van der Waals surface area (Å²) in [6, 6.07) is 5.41. The minimum absolute atomic E-state index is 0.440. The number of anilines is 3. The predicted molar refractivity (Wildman–Crippen MR) is 79.0 cm³/mol. The minimum atomic E-state index is 0.440. The van der Waals surface area contributed by atoms with Gasteiger partial charge in [0.25, 0.3) is 0 Å². The molecule has 2 N–H and O–H groups in total. The van der Waals surface area contributed by atoms with E-state index in [1.54, 1.807) is 13.1 Å². The Hall–Kier alpha value is -1.04. The number of benzene rings is 1. The van der Waals surface area contributed by atoms with Gasteiger partial charge in [-0.2, -0.15) is 0 Å². The minimum Gasteiger partial charge on any atom is -0.373 e. The molecule has 0 saturated carbocycles. The van der Waals surface area contributed by atoms with Gasteiger partial charge in [-0.05, 0) is 28.1 Å². The second kappa shape index (κ2) is 5.73. The molecule has 1 aromatic heterocycles. The first-order chi connectivity index (χ1) is 8.61. The number of rotatable bonds is 3. The third-order valence-corrected chi connectivity index (χ3v) is 3.99. The molecule has 0 aliphatic carbocycles. The van der Waals surface area contributed by atoms with Crippen LogP contribution in [0.2, 0.25) is 10.0 Å². The fourth-order valence-electron chi connectivity index (χ4n) is 1.32. The Labute approximate surface area is 123 Å². The summed E-state index contributed by atoms with van der Waals surface area (Å²) in [5.74, 6) is 1.35. The van der Waals surface area contributed by atoms with Crippen LogP contribution in [-0.4, -0.2) is 17.0 Å². The molecule has 94 valence electrons. The largest absolute Gasteiger partial charge is 0.373 e. The molecule has 1 aromatic carbocycles. The summed E-state index contributed by atoms with van der Waals surface area (Å²) in [4.78, 5) is 8.12. The van der Waals surface area contributed by atoms with Gasteiger partial charge in [-0.3, -0.25) is 0 Å². The van der Waals surface area contributed by atoms with E-state index in [2.05, 4.69) is 36.5 Å². The van der Waals surface area contributed by atoms with Gasteiger partial charge < -0.3 is 10.6 Å². The fraction of sp³-hybridized carbons (Fsp3) is 0.0909. The number of hydrogen-bond acceptors (Lipinski definition) is 4. The van der Waals surface area contributed by atoms with Gasteiger partial charge in [-0.15, -0.1) is 0 Å². The van der Waals surface area contributed by atoms with Gasteiger partial charge in [-0.1, -0.05) is 23.2 Å². The summed E-state index contributed by atoms with van der Waals surface area (Å²) in [5, 5.41) is 6.92. The maximum Gasteiger partial charge on any atom is 0.135 e. The summed E-state index contributed by atoms with van der Waals surface area (Å²) in [6.07, 6.45) is 1.46. The van der Waals surface area contributed by atoms with Crippen molar-refractivity contribution in [1.29, 1.82) is 0 Å². The van der Waals surface area contributed by atoms with Crippen molar-refractivity contribution >= 4 is 56.5 Å². The summed E-state index contributed by atoms with van der Waals surface area (Å²) in [5.41, 5.74) is 0.686. The van der Waals surface area contributed by atoms with Crippen LogP contribution in [0.4, 0.5) is 17.3 Å². The SMILES string of the molecule is CNc1cc(Nc2ccc(Br)c(Cl)c2Cl)ncn1. The highest BCUT2D eigenvalue weighted by atomic mass is 79.9. The van der Waals surface area contributed by atoms with Gasteiger partial charge >= 0.3 is 0 Å². The Bertz CT molecular complexity index is 577. The molecule has 18 heavy (non-hydrogen) atoms. The van der Waals surface area contributed by atoms with Crippen molar-refractivity contribution in [3.8, 4) is 0 Å². The van der Waals surface area contributed by atoms with Crippen LogP contribution in [-0.2, 0) is 0 Å². The molecule has 7 heteroatoms. The van der Waals surface area contributed by atoms with Gasteiger partial charge in [0, 0.05) is 17.6 Å². The van der Waals surface area contributed by atoms with E-state index in [1.165, 1.54) is 6.33 Å². The second-order valence-corrected chi connectivity index (χ2v) is 5.00. The number of nitrogens with one attached hydrogen (secondary N) is 2. The van der Waals surface area contributed by atoms with Gasteiger partial charge in [-0.25, -0.2) is 9.97 Å². The van der Waals surface area contributed by atoms with E-state index in [0.717, 1.165) is 4.47 Å². The third kappa shape index (κ3) is 2.85. The van der Waals surface area contributed by atoms with E-state index in [4.69, 9.17) is 23.2 Å². The maximum absolute atomic E-state index is 6.14. The Morgan fingerprint density at radius 3 is 2.56 bits per heavy atom. The summed E-state index contributed by atoms with van der Waals surface area (Å²) in [7, 11) is 1.79. The van der Waals surface area contributed by atoms with E-state index in [-0.39, 0.29) is 0 Å². The van der Waals surface area contributed by atoms with E-state index in [0.29, 0.717) is 27.4 Å². The predicted octanol–water partition coefficient (Wildman–Crippen LogP) is 4.33. The molecule has 4 nitrogen and oxygen atoms in total. The number of halogens is 3. The first-order valence-electron chi connectivity index (χ1n) is 5.02. The van der Waals surface area contributed by atoms with Crippen LogP contribution in [0.3, 0.4) is 0 Å². The summed E-state index contributed by atoms with van der Waals surface area (Å²) < 4.78 is 0.748. The van der Waals surface area contributed by atoms with E-state index in [9.17, 15) is 0 Å². The highest BCUT2D eigenvalue weighted by Gasteiger charge is 2.09. The van der Waals surface area contributed by atoms with Gasteiger partial charge in [0.15, 0.2) is 0 Å². The molecule has 0 bridgehead atoms. The monoisotopic (exact) mass is 346 g/mol. The second-order valence-electron chi connectivity index (χ2n) is 3.39. The normalized spacial score (nSPS) is 10.2. The van der Waals surface area contributed by atoms with Crippen LogP contribution in [0, 0.1) is 0 Å². The molecule has 2 rings (SSSR count). The molecule has 0 radical (unpaired) electrons. The lowest BCUT2D eigenvalue weighted by Gasteiger charge is -2.10. The van der Waals surface area contributed by atoms with E-state index >= 15 is 0 Å². The van der Waals surface area contributed by atoms with Crippen LogP contribution in [0.15, 0.2) is 29.0 Å². The van der Waals surface area contributed by atoms with Crippen molar-refractivity contribution in [1.82, 2.24) is 9.97 Å². The van der Waals surface area contributed by atoms with Gasteiger partial charge in [0.05, 0.1) is 15.7 Å². The molecule has 0 aliphatic heterocycles. The Balaban J connectivity index is 2.31. The zero-order chi connectivity index (χ0) is 13.1. The average Bonchev–Trinajstić information content (AvgIpc) is 2.40. The lowest BCUT2D eigenvalue weighted by molar-refractivity contribution is 1.16. The van der Waals surface area contributed by atoms with Crippen molar-refractivity contribution < 1.29 is 0 Å². The molecule has 0 fully saturated rings. The fourth-order valence-corrected chi connectivity index (χ4v) is 2.14. The van der Waals surface area contributed by atoms with Gasteiger partial charge in [0.1, 0.15) is 18.0 Å². The lowest BCUT2D eigenvalue weighted by Crippen LogP contribution is -1.98. The van der Waals surface area contributed by atoms with Crippen LogP contribution in [0.1, 0.15) is 0 Å². The molecular formula is C11H9BrCl2N4. The van der Waals surface area contributed by atoms with E-state index in [1.807, 2.05) is 12.1 Å². The standard InChI is InChI=1S/C11H9BrCl2N4/c1-15-8-4-9(17-5-16-8)18-7-3-2-6(12)10(13)11(7)14/h2-5H,1H3,(H2,15,16,17,18). The molecule has 0 amide bonds. The van der Waals surface area contributed by atoms with Gasteiger partial charge in [0.2, 0.25) is 0 Å². The third-order valence-electron chi connectivity index (χ3n) is 2.22.